The quantitative estimate of drug-likeness (QED) is 0.489. The van der Waals surface area contributed by atoms with Gasteiger partial charge in [0.1, 0.15) is 18.2 Å². The van der Waals surface area contributed by atoms with Crippen molar-refractivity contribution in [2.75, 3.05) is 5.32 Å². The van der Waals surface area contributed by atoms with E-state index in [4.69, 9.17) is 11.6 Å². The highest BCUT2D eigenvalue weighted by Crippen LogP contribution is 2.15. The van der Waals surface area contributed by atoms with Gasteiger partial charge in [0.2, 0.25) is 11.9 Å². The molecule has 27 heavy (non-hydrogen) atoms. The van der Waals surface area contributed by atoms with Gasteiger partial charge in [-0.3, -0.25) is 24.9 Å². The van der Waals surface area contributed by atoms with E-state index in [0.29, 0.717) is 17.3 Å². The Labute approximate surface area is 158 Å². The number of halogens is 1. The van der Waals surface area contributed by atoms with Crippen molar-refractivity contribution in [3.05, 3.63) is 63.2 Å². The average Bonchev–Trinajstić information content (AvgIpc) is 3.19. The molecule has 0 spiro atoms. The number of aryl methyl sites for hydroxylation is 2. The third kappa shape index (κ3) is 4.88. The SMILES string of the molecule is Cc1nn(CCC(=O)Nc2ncn(Cc3cccc(Cl)c3)n2)cc1[N+](=O)[O-]. The lowest BCUT2D eigenvalue weighted by Gasteiger charge is -2.02. The summed E-state index contributed by atoms with van der Waals surface area (Å²) in [5.74, 6) is -0.129. The molecule has 1 aromatic carbocycles. The van der Waals surface area contributed by atoms with Crippen LogP contribution in [0.4, 0.5) is 11.6 Å². The minimum absolute atomic E-state index is 0.0724. The Hall–Kier alpha value is -3.27. The second-order valence-electron chi connectivity index (χ2n) is 5.81. The number of hydrogen-bond donors (Lipinski definition) is 1. The molecule has 0 aliphatic heterocycles. The normalized spacial score (nSPS) is 10.7. The number of hydrogen-bond acceptors (Lipinski definition) is 6. The van der Waals surface area contributed by atoms with Crippen molar-refractivity contribution in [1.82, 2.24) is 24.5 Å². The maximum absolute atomic E-state index is 12.0. The van der Waals surface area contributed by atoms with E-state index in [2.05, 4.69) is 20.5 Å². The molecule has 3 aromatic rings. The maximum atomic E-state index is 12.0. The van der Waals surface area contributed by atoms with Gasteiger partial charge in [0.25, 0.3) is 0 Å². The second-order valence-corrected chi connectivity index (χ2v) is 6.25. The van der Waals surface area contributed by atoms with Crippen LogP contribution in [0.5, 0.6) is 0 Å². The minimum atomic E-state index is -0.505. The van der Waals surface area contributed by atoms with Crippen molar-refractivity contribution in [3.63, 3.8) is 0 Å². The van der Waals surface area contributed by atoms with Crippen LogP contribution in [0, 0.1) is 17.0 Å². The first-order valence-corrected chi connectivity index (χ1v) is 8.40. The predicted octanol–water partition coefficient (Wildman–Crippen LogP) is 2.42. The van der Waals surface area contributed by atoms with Crippen LogP contribution in [0.3, 0.4) is 0 Å². The van der Waals surface area contributed by atoms with E-state index in [-0.39, 0.29) is 30.5 Å². The monoisotopic (exact) mass is 389 g/mol. The second kappa shape index (κ2) is 7.96. The van der Waals surface area contributed by atoms with E-state index < -0.39 is 4.92 Å². The fraction of sp³-hybridized carbons (Fsp3) is 0.250. The lowest BCUT2D eigenvalue weighted by molar-refractivity contribution is -0.385. The number of amides is 1. The summed E-state index contributed by atoms with van der Waals surface area (Å²) in [5, 5.41) is 22.2. The third-order valence-electron chi connectivity index (χ3n) is 3.71. The number of carbonyl (C=O) groups is 1. The van der Waals surface area contributed by atoms with Gasteiger partial charge < -0.3 is 0 Å². The Bertz CT molecular complexity index is 982. The lowest BCUT2D eigenvalue weighted by atomic mass is 10.2. The van der Waals surface area contributed by atoms with Crippen LogP contribution in [0.2, 0.25) is 5.02 Å². The summed E-state index contributed by atoms with van der Waals surface area (Å²) in [7, 11) is 0. The Morgan fingerprint density at radius 2 is 2.15 bits per heavy atom. The van der Waals surface area contributed by atoms with E-state index in [9.17, 15) is 14.9 Å². The smallest absolute Gasteiger partial charge is 0.293 e. The summed E-state index contributed by atoms with van der Waals surface area (Å²) in [6, 6.07) is 7.37. The standard InChI is InChI=1S/C16H16ClN7O3/c1-11-14(24(26)27)9-22(20-11)6-5-15(25)19-16-18-10-23(21-16)8-12-3-2-4-13(17)7-12/h2-4,7,9-10H,5-6,8H2,1H3,(H,19,21,25). The van der Waals surface area contributed by atoms with Crippen LogP contribution in [-0.2, 0) is 17.9 Å². The molecule has 0 unspecified atom stereocenters. The summed E-state index contributed by atoms with van der Waals surface area (Å²) >= 11 is 5.95. The molecule has 140 valence electrons. The van der Waals surface area contributed by atoms with Gasteiger partial charge in [-0.15, -0.1) is 5.10 Å². The molecule has 0 saturated carbocycles. The van der Waals surface area contributed by atoms with E-state index in [1.807, 2.05) is 18.2 Å². The molecule has 10 nitrogen and oxygen atoms in total. The van der Waals surface area contributed by atoms with E-state index >= 15 is 0 Å². The minimum Gasteiger partial charge on any atom is -0.293 e. The van der Waals surface area contributed by atoms with Crippen LogP contribution in [-0.4, -0.2) is 35.4 Å². The molecule has 2 aromatic heterocycles. The topological polar surface area (TPSA) is 121 Å². The number of rotatable bonds is 7. The van der Waals surface area contributed by atoms with E-state index in [1.54, 1.807) is 17.7 Å². The van der Waals surface area contributed by atoms with Crippen molar-refractivity contribution in [3.8, 4) is 0 Å². The Morgan fingerprint density at radius 1 is 1.33 bits per heavy atom. The van der Waals surface area contributed by atoms with Crippen LogP contribution < -0.4 is 5.32 Å². The first-order valence-electron chi connectivity index (χ1n) is 8.03. The number of anilines is 1. The van der Waals surface area contributed by atoms with Crippen molar-refractivity contribution in [2.45, 2.75) is 26.4 Å². The molecule has 0 radical (unpaired) electrons. The van der Waals surface area contributed by atoms with Gasteiger partial charge in [0.05, 0.1) is 11.5 Å². The van der Waals surface area contributed by atoms with Gasteiger partial charge >= 0.3 is 5.69 Å². The number of nitrogens with one attached hydrogen (secondary N) is 1. The molecular weight excluding hydrogens is 374 g/mol. The highest BCUT2D eigenvalue weighted by atomic mass is 35.5. The zero-order valence-electron chi connectivity index (χ0n) is 14.4. The summed E-state index contributed by atoms with van der Waals surface area (Å²) < 4.78 is 2.96. The Balaban J connectivity index is 1.53. The molecule has 0 bridgehead atoms. The van der Waals surface area contributed by atoms with Gasteiger partial charge in [-0.2, -0.15) is 5.10 Å². The van der Waals surface area contributed by atoms with Crippen molar-refractivity contribution in [2.24, 2.45) is 0 Å². The zero-order chi connectivity index (χ0) is 19.4. The molecule has 1 N–H and O–H groups in total. The zero-order valence-corrected chi connectivity index (χ0v) is 15.1. The number of carbonyl (C=O) groups excluding carboxylic acids is 1. The predicted molar refractivity (Wildman–Crippen MR) is 97.4 cm³/mol. The number of aromatic nitrogens is 5. The molecule has 11 heteroatoms. The maximum Gasteiger partial charge on any atom is 0.309 e. The highest BCUT2D eigenvalue weighted by Gasteiger charge is 2.16. The molecule has 0 aliphatic rings. The fourth-order valence-corrected chi connectivity index (χ4v) is 2.67. The van der Waals surface area contributed by atoms with Crippen molar-refractivity contribution >= 4 is 29.1 Å². The van der Waals surface area contributed by atoms with Crippen LogP contribution in [0.15, 0.2) is 36.8 Å². The lowest BCUT2D eigenvalue weighted by Crippen LogP contribution is -2.16. The molecule has 0 aliphatic carbocycles. The molecule has 0 saturated heterocycles. The average molecular weight is 390 g/mol. The van der Waals surface area contributed by atoms with Gasteiger partial charge in [0.15, 0.2) is 0 Å². The van der Waals surface area contributed by atoms with E-state index in [1.165, 1.54) is 17.2 Å². The number of nitrogens with zero attached hydrogens (tertiary/aromatic N) is 6. The van der Waals surface area contributed by atoms with Crippen LogP contribution in [0.25, 0.3) is 0 Å². The number of nitro groups is 1. The molecule has 0 fully saturated rings. The summed E-state index contributed by atoms with van der Waals surface area (Å²) in [5.41, 5.74) is 1.19. The molecule has 0 atom stereocenters. The van der Waals surface area contributed by atoms with Crippen molar-refractivity contribution < 1.29 is 9.72 Å². The van der Waals surface area contributed by atoms with Gasteiger partial charge in [-0.1, -0.05) is 23.7 Å². The molecule has 1 amide bonds. The number of benzene rings is 1. The first kappa shape index (κ1) is 18.5. The van der Waals surface area contributed by atoms with E-state index in [0.717, 1.165) is 5.56 Å². The molecule has 2 heterocycles. The largest absolute Gasteiger partial charge is 0.309 e. The third-order valence-corrected chi connectivity index (χ3v) is 3.94. The summed E-state index contributed by atoms with van der Waals surface area (Å²) in [6.45, 7) is 2.23. The van der Waals surface area contributed by atoms with Gasteiger partial charge in [-0.25, -0.2) is 9.67 Å². The summed E-state index contributed by atoms with van der Waals surface area (Å²) in [4.78, 5) is 26.4. The van der Waals surface area contributed by atoms with Gasteiger partial charge in [0, 0.05) is 18.0 Å². The Kier molecular flexibility index (Phi) is 5.46. The molecular formula is C16H16ClN7O3. The molecule has 3 rings (SSSR count). The van der Waals surface area contributed by atoms with Gasteiger partial charge in [-0.05, 0) is 24.6 Å². The van der Waals surface area contributed by atoms with Crippen LogP contribution >= 0.6 is 11.6 Å². The highest BCUT2D eigenvalue weighted by molar-refractivity contribution is 6.30. The first-order chi connectivity index (χ1) is 12.9. The summed E-state index contributed by atoms with van der Waals surface area (Å²) in [6.07, 6.45) is 2.90. The Morgan fingerprint density at radius 3 is 2.85 bits per heavy atom. The fourth-order valence-electron chi connectivity index (χ4n) is 2.45. The van der Waals surface area contributed by atoms with Crippen LogP contribution in [0.1, 0.15) is 17.7 Å². The van der Waals surface area contributed by atoms with Crippen molar-refractivity contribution in [1.29, 1.82) is 0 Å².